The zero-order chi connectivity index (χ0) is 11.5. The lowest BCUT2D eigenvalue weighted by Gasteiger charge is -2.31. The number of carbonyl (C=O) groups is 1. The van der Waals surface area contributed by atoms with Gasteiger partial charge in [0.05, 0.1) is 0 Å². The molecule has 1 aromatic heterocycles. The second-order valence-electron chi connectivity index (χ2n) is 4.22. The van der Waals surface area contributed by atoms with E-state index in [1.54, 1.807) is 6.20 Å². The Morgan fingerprint density at radius 3 is 2.62 bits per heavy atom. The quantitative estimate of drug-likeness (QED) is 0.836. The number of rotatable bonds is 2. The average molecular weight is 283 g/mol. The first kappa shape index (κ1) is 11.6. The number of halogens is 1. The fourth-order valence-electron chi connectivity index (χ4n) is 2.08. The van der Waals surface area contributed by atoms with Crippen molar-refractivity contribution in [1.29, 1.82) is 0 Å². The molecule has 1 saturated carbocycles. The monoisotopic (exact) mass is 282 g/mol. The Kier molecular flexibility index (Phi) is 3.59. The first-order valence-electron chi connectivity index (χ1n) is 5.53. The summed E-state index contributed by atoms with van der Waals surface area (Å²) in [5, 5.41) is 0. The third kappa shape index (κ3) is 2.61. The Morgan fingerprint density at radius 2 is 2.06 bits per heavy atom. The van der Waals surface area contributed by atoms with E-state index in [0.717, 1.165) is 23.1 Å². The van der Waals surface area contributed by atoms with E-state index in [1.807, 2.05) is 12.1 Å². The van der Waals surface area contributed by atoms with Crippen LogP contribution in [0.4, 0.5) is 5.82 Å². The van der Waals surface area contributed by atoms with Crippen LogP contribution in [0.15, 0.2) is 22.8 Å². The minimum atomic E-state index is 0.397. The molecule has 4 heteroatoms. The molecular formula is C12H15BrN2O. The van der Waals surface area contributed by atoms with Gasteiger partial charge in [0.2, 0.25) is 0 Å². The highest BCUT2D eigenvalue weighted by atomic mass is 79.9. The van der Waals surface area contributed by atoms with Crippen molar-refractivity contribution in [3.8, 4) is 0 Å². The third-order valence-corrected chi connectivity index (χ3v) is 3.60. The van der Waals surface area contributed by atoms with Crippen molar-refractivity contribution in [1.82, 2.24) is 4.98 Å². The molecule has 1 aliphatic carbocycles. The number of pyridine rings is 1. The SMILES string of the molecule is CN(c1ccc(Br)cn1)C1CCC(=O)CC1. The van der Waals surface area contributed by atoms with Crippen LogP contribution in [-0.2, 0) is 4.79 Å². The minimum Gasteiger partial charge on any atom is -0.357 e. The number of Topliss-reactive ketones (excluding diaryl/α,β-unsaturated/α-hetero) is 1. The Bertz CT molecular complexity index is 367. The zero-order valence-electron chi connectivity index (χ0n) is 9.32. The topological polar surface area (TPSA) is 33.2 Å². The van der Waals surface area contributed by atoms with Gasteiger partial charge in [-0.25, -0.2) is 4.98 Å². The highest BCUT2D eigenvalue weighted by Crippen LogP contribution is 2.23. The molecular weight excluding hydrogens is 268 g/mol. The second-order valence-corrected chi connectivity index (χ2v) is 5.13. The highest BCUT2D eigenvalue weighted by Gasteiger charge is 2.22. The number of carbonyl (C=O) groups excluding carboxylic acids is 1. The molecule has 0 unspecified atom stereocenters. The molecule has 0 atom stereocenters. The Morgan fingerprint density at radius 1 is 1.38 bits per heavy atom. The lowest BCUT2D eigenvalue weighted by molar-refractivity contribution is -0.120. The predicted molar refractivity (Wildman–Crippen MR) is 67.6 cm³/mol. The molecule has 0 aromatic carbocycles. The van der Waals surface area contributed by atoms with E-state index in [-0.39, 0.29) is 0 Å². The van der Waals surface area contributed by atoms with Gasteiger partial charge in [-0.15, -0.1) is 0 Å². The number of anilines is 1. The van der Waals surface area contributed by atoms with Crippen LogP contribution in [-0.4, -0.2) is 23.9 Å². The molecule has 0 bridgehead atoms. The molecule has 0 spiro atoms. The second kappa shape index (κ2) is 4.95. The zero-order valence-corrected chi connectivity index (χ0v) is 10.9. The van der Waals surface area contributed by atoms with Gasteiger partial charge in [0.15, 0.2) is 0 Å². The van der Waals surface area contributed by atoms with Crippen molar-refractivity contribution in [2.75, 3.05) is 11.9 Å². The van der Waals surface area contributed by atoms with Crippen LogP contribution in [0.25, 0.3) is 0 Å². The first-order valence-corrected chi connectivity index (χ1v) is 6.32. The summed E-state index contributed by atoms with van der Waals surface area (Å²) in [4.78, 5) is 17.7. The van der Waals surface area contributed by atoms with E-state index < -0.39 is 0 Å². The van der Waals surface area contributed by atoms with Crippen LogP contribution in [0, 0.1) is 0 Å². The predicted octanol–water partition coefficient (Wildman–Crippen LogP) is 2.79. The van der Waals surface area contributed by atoms with Crippen molar-refractivity contribution >= 4 is 27.5 Å². The minimum absolute atomic E-state index is 0.397. The Labute approximate surface area is 104 Å². The fraction of sp³-hybridized carbons (Fsp3) is 0.500. The summed E-state index contributed by atoms with van der Waals surface area (Å²) in [7, 11) is 2.05. The molecule has 3 nitrogen and oxygen atoms in total. The van der Waals surface area contributed by atoms with Crippen molar-refractivity contribution < 1.29 is 4.79 Å². The molecule has 86 valence electrons. The molecule has 1 heterocycles. The molecule has 1 aromatic rings. The van der Waals surface area contributed by atoms with Crippen LogP contribution < -0.4 is 4.90 Å². The normalized spacial score (nSPS) is 17.5. The standard InChI is InChI=1S/C12H15BrN2O/c1-15(10-3-5-11(16)6-4-10)12-7-2-9(13)8-14-12/h2,7-8,10H,3-6H2,1H3. The lowest BCUT2D eigenvalue weighted by Crippen LogP contribution is -2.35. The summed E-state index contributed by atoms with van der Waals surface area (Å²) in [5.41, 5.74) is 0. The molecule has 1 aliphatic rings. The maximum atomic E-state index is 11.2. The van der Waals surface area contributed by atoms with Crippen LogP contribution >= 0.6 is 15.9 Å². The van der Waals surface area contributed by atoms with Gasteiger partial charge in [-0.2, -0.15) is 0 Å². The molecule has 0 amide bonds. The number of hydrogen-bond donors (Lipinski definition) is 0. The maximum absolute atomic E-state index is 11.2. The van der Waals surface area contributed by atoms with Gasteiger partial charge < -0.3 is 4.90 Å². The fourth-order valence-corrected chi connectivity index (χ4v) is 2.31. The Hall–Kier alpha value is -0.900. The highest BCUT2D eigenvalue weighted by molar-refractivity contribution is 9.10. The van der Waals surface area contributed by atoms with Gasteiger partial charge >= 0.3 is 0 Å². The van der Waals surface area contributed by atoms with Crippen molar-refractivity contribution in [2.45, 2.75) is 31.7 Å². The maximum Gasteiger partial charge on any atom is 0.133 e. The van der Waals surface area contributed by atoms with Gasteiger partial charge in [-0.1, -0.05) is 0 Å². The number of hydrogen-bond acceptors (Lipinski definition) is 3. The van der Waals surface area contributed by atoms with Gasteiger partial charge in [0.25, 0.3) is 0 Å². The van der Waals surface area contributed by atoms with E-state index >= 15 is 0 Å². The summed E-state index contributed by atoms with van der Waals surface area (Å²) in [5.74, 6) is 1.37. The average Bonchev–Trinajstić information content (AvgIpc) is 2.30. The van der Waals surface area contributed by atoms with Crippen LogP contribution in [0.5, 0.6) is 0 Å². The van der Waals surface area contributed by atoms with Gasteiger partial charge in [-0.3, -0.25) is 4.79 Å². The summed E-state index contributed by atoms with van der Waals surface area (Å²) in [6, 6.07) is 4.44. The Balaban J connectivity index is 2.04. The molecule has 1 fully saturated rings. The molecule has 0 N–H and O–H groups in total. The molecule has 16 heavy (non-hydrogen) atoms. The number of aromatic nitrogens is 1. The number of nitrogens with zero attached hydrogens (tertiary/aromatic N) is 2. The smallest absolute Gasteiger partial charge is 0.133 e. The molecule has 0 radical (unpaired) electrons. The molecule has 2 rings (SSSR count). The summed E-state index contributed by atoms with van der Waals surface area (Å²) >= 11 is 3.37. The van der Waals surface area contributed by atoms with Gasteiger partial charge in [-0.05, 0) is 40.9 Å². The van der Waals surface area contributed by atoms with E-state index in [4.69, 9.17) is 0 Å². The van der Waals surface area contributed by atoms with Gasteiger partial charge in [0, 0.05) is 36.6 Å². The van der Waals surface area contributed by atoms with E-state index in [0.29, 0.717) is 24.7 Å². The largest absolute Gasteiger partial charge is 0.357 e. The van der Waals surface area contributed by atoms with Crippen LogP contribution in [0.1, 0.15) is 25.7 Å². The van der Waals surface area contributed by atoms with E-state index in [9.17, 15) is 4.79 Å². The first-order chi connectivity index (χ1) is 7.66. The molecule has 0 aliphatic heterocycles. The summed E-state index contributed by atoms with van der Waals surface area (Å²) < 4.78 is 0.989. The molecule has 0 saturated heterocycles. The van der Waals surface area contributed by atoms with Crippen molar-refractivity contribution in [3.05, 3.63) is 22.8 Å². The van der Waals surface area contributed by atoms with Crippen molar-refractivity contribution in [3.63, 3.8) is 0 Å². The van der Waals surface area contributed by atoms with E-state index in [2.05, 4.69) is 32.9 Å². The van der Waals surface area contributed by atoms with Crippen LogP contribution in [0.3, 0.4) is 0 Å². The lowest BCUT2D eigenvalue weighted by atomic mass is 9.93. The third-order valence-electron chi connectivity index (χ3n) is 3.13. The number of ketones is 1. The van der Waals surface area contributed by atoms with Crippen molar-refractivity contribution in [2.24, 2.45) is 0 Å². The van der Waals surface area contributed by atoms with Crippen LogP contribution in [0.2, 0.25) is 0 Å². The summed E-state index contributed by atoms with van der Waals surface area (Å²) in [6.45, 7) is 0. The summed E-state index contributed by atoms with van der Waals surface area (Å²) in [6.07, 6.45) is 5.14. The van der Waals surface area contributed by atoms with Gasteiger partial charge in [0.1, 0.15) is 11.6 Å². The van der Waals surface area contributed by atoms with E-state index in [1.165, 1.54) is 0 Å².